The summed E-state index contributed by atoms with van der Waals surface area (Å²) in [6, 6.07) is 0. The lowest BCUT2D eigenvalue weighted by atomic mass is 10.2. The Balaban J connectivity index is 2.02. The first-order chi connectivity index (χ1) is 8.70. The second-order valence-electron chi connectivity index (χ2n) is 4.19. The van der Waals surface area contributed by atoms with Gasteiger partial charge in [-0.15, -0.1) is 11.6 Å². The molecule has 0 saturated carbocycles. The first-order valence-electron chi connectivity index (χ1n) is 5.53. The monoisotopic (exact) mass is 269 g/mol. The Morgan fingerprint density at radius 3 is 3.06 bits per heavy atom. The van der Waals surface area contributed by atoms with E-state index >= 15 is 0 Å². The van der Waals surface area contributed by atoms with E-state index < -0.39 is 12.3 Å². The number of rotatable bonds is 2. The molecule has 3 unspecified atom stereocenters. The molecule has 3 N–H and O–H groups in total. The van der Waals surface area contributed by atoms with Crippen LogP contribution in [0.2, 0.25) is 0 Å². The minimum Gasteiger partial charge on any atom is -0.388 e. The molecule has 0 spiro atoms. The zero-order chi connectivity index (χ0) is 12.7. The predicted octanol–water partition coefficient (Wildman–Crippen LogP) is 0.296. The van der Waals surface area contributed by atoms with Crippen LogP contribution < -0.4 is 5.73 Å². The van der Waals surface area contributed by atoms with Gasteiger partial charge in [0.15, 0.2) is 17.7 Å². The molecule has 1 saturated heterocycles. The second-order valence-corrected chi connectivity index (χ2v) is 4.50. The van der Waals surface area contributed by atoms with Crippen LogP contribution in [0.3, 0.4) is 0 Å². The number of hydrogen-bond acceptors (Lipinski definition) is 6. The molecule has 96 valence electrons. The van der Waals surface area contributed by atoms with Crippen LogP contribution >= 0.6 is 11.6 Å². The Hall–Kier alpha value is -1.44. The number of alkyl halides is 1. The summed E-state index contributed by atoms with van der Waals surface area (Å²) >= 11 is 5.74. The van der Waals surface area contributed by atoms with Crippen LogP contribution in [-0.2, 0) is 4.74 Å². The molecule has 0 bridgehead atoms. The molecule has 3 heterocycles. The molecule has 0 radical (unpaired) electrons. The average Bonchev–Trinajstić information content (AvgIpc) is 2.93. The lowest BCUT2D eigenvalue weighted by Gasteiger charge is -2.16. The van der Waals surface area contributed by atoms with Crippen molar-refractivity contribution in [1.82, 2.24) is 19.5 Å². The molecular weight excluding hydrogens is 258 g/mol. The minimum absolute atomic E-state index is 0.164. The van der Waals surface area contributed by atoms with Gasteiger partial charge in [-0.25, -0.2) is 15.0 Å². The normalized spacial score (nSPS) is 28.0. The lowest BCUT2D eigenvalue weighted by molar-refractivity contribution is -0.0288. The highest BCUT2D eigenvalue weighted by Crippen LogP contribution is 2.31. The van der Waals surface area contributed by atoms with Gasteiger partial charge in [-0.3, -0.25) is 4.57 Å². The summed E-state index contributed by atoms with van der Waals surface area (Å²) in [5, 5.41) is 9.98. The van der Waals surface area contributed by atoms with Crippen LogP contribution in [0.5, 0.6) is 0 Å². The molecule has 3 rings (SSSR count). The van der Waals surface area contributed by atoms with Crippen LogP contribution in [0, 0.1) is 0 Å². The van der Waals surface area contributed by atoms with Crippen molar-refractivity contribution >= 4 is 28.6 Å². The van der Waals surface area contributed by atoms with Gasteiger partial charge in [-0.1, -0.05) is 0 Å². The number of aliphatic hydroxyl groups excluding tert-OH is 1. The zero-order valence-electron chi connectivity index (χ0n) is 9.40. The van der Waals surface area contributed by atoms with Gasteiger partial charge in [-0.2, -0.15) is 0 Å². The smallest absolute Gasteiger partial charge is 0.167 e. The molecule has 3 atom stereocenters. The van der Waals surface area contributed by atoms with Crippen molar-refractivity contribution in [2.45, 2.75) is 24.9 Å². The quantitative estimate of drug-likeness (QED) is 0.761. The number of hydrogen-bond donors (Lipinski definition) is 2. The molecule has 8 heteroatoms. The number of nitrogens with two attached hydrogens (primary N) is 1. The zero-order valence-corrected chi connectivity index (χ0v) is 10.2. The lowest BCUT2D eigenvalue weighted by Crippen LogP contribution is -2.19. The minimum atomic E-state index is -0.637. The maximum absolute atomic E-state index is 9.98. The van der Waals surface area contributed by atoms with E-state index in [4.69, 9.17) is 22.1 Å². The van der Waals surface area contributed by atoms with Gasteiger partial charge in [0.1, 0.15) is 17.9 Å². The number of aromatic nitrogens is 4. The number of ether oxygens (including phenoxy) is 1. The fourth-order valence-corrected chi connectivity index (χ4v) is 2.33. The Kier molecular flexibility index (Phi) is 2.81. The third-order valence-corrected chi connectivity index (χ3v) is 3.34. The van der Waals surface area contributed by atoms with Crippen LogP contribution in [0.25, 0.3) is 11.2 Å². The molecule has 2 aromatic heterocycles. The van der Waals surface area contributed by atoms with Crippen LogP contribution in [-0.4, -0.2) is 42.7 Å². The molecule has 0 amide bonds. The van der Waals surface area contributed by atoms with Gasteiger partial charge in [0.25, 0.3) is 0 Å². The second kappa shape index (κ2) is 4.34. The fourth-order valence-electron chi connectivity index (χ4n) is 2.14. The van der Waals surface area contributed by atoms with Gasteiger partial charge in [0.2, 0.25) is 0 Å². The fraction of sp³-hybridized carbons (Fsp3) is 0.500. The van der Waals surface area contributed by atoms with Gasteiger partial charge < -0.3 is 15.6 Å². The highest BCUT2D eigenvalue weighted by atomic mass is 35.5. The van der Waals surface area contributed by atoms with Gasteiger partial charge in [-0.05, 0) is 0 Å². The van der Waals surface area contributed by atoms with E-state index in [1.54, 1.807) is 10.9 Å². The highest BCUT2D eigenvalue weighted by molar-refractivity contribution is 6.18. The number of halogens is 1. The number of nitrogen functional groups attached to an aromatic ring is 1. The first-order valence-corrected chi connectivity index (χ1v) is 6.06. The predicted molar refractivity (Wildman–Crippen MR) is 65.0 cm³/mol. The molecule has 7 nitrogen and oxygen atoms in total. The van der Waals surface area contributed by atoms with E-state index in [0.717, 1.165) is 0 Å². The summed E-state index contributed by atoms with van der Waals surface area (Å²) in [6.07, 6.45) is 2.06. The van der Waals surface area contributed by atoms with E-state index in [1.165, 1.54) is 6.33 Å². The molecule has 1 fully saturated rings. The van der Waals surface area contributed by atoms with Crippen molar-refractivity contribution in [3.05, 3.63) is 12.7 Å². The molecular formula is C10H12ClN5O2. The summed E-state index contributed by atoms with van der Waals surface area (Å²) in [7, 11) is 0. The summed E-state index contributed by atoms with van der Waals surface area (Å²) in [5.74, 6) is 0.650. The van der Waals surface area contributed by atoms with E-state index in [1.807, 2.05) is 0 Å². The number of aliphatic hydroxyl groups is 1. The maximum Gasteiger partial charge on any atom is 0.167 e. The Morgan fingerprint density at radius 1 is 1.50 bits per heavy atom. The molecule has 1 aliphatic rings. The highest BCUT2D eigenvalue weighted by Gasteiger charge is 2.35. The molecule has 0 aliphatic carbocycles. The molecule has 2 aromatic rings. The SMILES string of the molecule is Nc1ncnc2c1ncn2C1OC(CCl)CC1O. The number of nitrogens with zero attached hydrogens (tertiary/aromatic N) is 4. The van der Waals surface area contributed by atoms with Crippen LogP contribution in [0.1, 0.15) is 12.6 Å². The van der Waals surface area contributed by atoms with Crippen molar-refractivity contribution in [3.8, 4) is 0 Å². The Bertz CT molecular complexity index is 574. The van der Waals surface area contributed by atoms with Crippen molar-refractivity contribution in [1.29, 1.82) is 0 Å². The largest absolute Gasteiger partial charge is 0.388 e. The van der Waals surface area contributed by atoms with Crippen molar-refractivity contribution in [2.24, 2.45) is 0 Å². The molecule has 1 aliphatic heterocycles. The van der Waals surface area contributed by atoms with Crippen molar-refractivity contribution < 1.29 is 9.84 Å². The van der Waals surface area contributed by atoms with Gasteiger partial charge in [0, 0.05) is 12.3 Å². The number of imidazole rings is 1. The van der Waals surface area contributed by atoms with Crippen LogP contribution in [0.4, 0.5) is 5.82 Å². The topological polar surface area (TPSA) is 99.1 Å². The maximum atomic E-state index is 9.98. The number of anilines is 1. The van der Waals surface area contributed by atoms with E-state index in [0.29, 0.717) is 29.3 Å². The third kappa shape index (κ3) is 1.71. The Labute approximate surface area is 108 Å². The molecule has 18 heavy (non-hydrogen) atoms. The standard InChI is InChI=1S/C10H12ClN5O2/c11-2-5-1-6(17)10(18-5)16-4-15-7-8(12)13-3-14-9(7)16/h3-6,10,17H,1-2H2,(H2,12,13,14). The summed E-state index contributed by atoms with van der Waals surface area (Å²) < 4.78 is 7.31. The third-order valence-electron chi connectivity index (χ3n) is 3.00. The van der Waals surface area contributed by atoms with Crippen LogP contribution in [0.15, 0.2) is 12.7 Å². The Morgan fingerprint density at radius 2 is 2.33 bits per heavy atom. The summed E-state index contributed by atoms with van der Waals surface area (Å²) in [4.78, 5) is 12.1. The van der Waals surface area contributed by atoms with E-state index in [9.17, 15) is 5.11 Å². The summed E-state index contributed by atoms with van der Waals surface area (Å²) in [5.41, 5.74) is 6.75. The molecule has 0 aromatic carbocycles. The van der Waals surface area contributed by atoms with Gasteiger partial charge in [0.05, 0.1) is 12.4 Å². The van der Waals surface area contributed by atoms with E-state index in [-0.39, 0.29) is 6.10 Å². The summed E-state index contributed by atoms with van der Waals surface area (Å²) in [6.45, 7) is 0. The van der Waals surface area contributed by atoms with E-state index in [2.05, 4.69) is 15.0 Å². The van der Waals surface area contributed by atoms with Crippen molar-refractivity contribution in [2.75, 3.05) is 11.6 Å². The van der Waals surface area contributed by atoms with Crippen molar-refractivity contribution in [3.63, 3.8) is 0 Å². The van der Waals surface area contributed by atoms with Gasteiger partial charge >= 0.3 is 0 Å². The first kappa shape index (κ1) is 11.6. The average molecular weight is 270 g/mol. The number of fused-ring (bicyclic) bond motifs is 1.